The van der Waals surface area contributed by atoms with Crippen molar-refractivity contribution in [2.24, 2.45) is 17.8 Å². The van der Waals surface area contributed by atoms with E-state index in [1.165, 1.54) is 45.2 Å². The summed E-state index contributed by atoms with van der Waals surface area (Å²) in [5, 5.41) is 7.48. The Bertz CT molecular complexity index is 209. The Hall–Kier alpha value is -0.0800. The summed E-state index contributed by atoms with van der Waals surface area (Å²) in [5.41, 5.74) is 0. The number of nitrogens with one attached hydrogen (secondary N) is 2. The molecule has 2 unspecified atom stereocenters. The molecular formula is C17H36N2. The first-order chi connectivity index (χ1) is 9.00. The van der Waals surface area contributed by atoms with Crippen molar-refractivity contribution in [2.45, 2.75) is 78.8 Å². The van der Waals surface area contributed by atoms with Gasteiger partial charge >= 0.3 is 0 Å². The molecule has 1 aliphatic heterocycles. The van der Waals surface area contributed by atoms with Crippen molar-refractivity contribution in [1.82, 2.24) is 10.6 Å². The average Bonchev–Trinajstić information content (AvgIpc) is 2.56. The number of hydrogen-bond acceptors (Lipinski definition) is 2. The highest BCUT2D eigenvalue weighted by Crippen LogP contribution is 2.20. The molecule has 2 N–H and O–H groups in total. The lowest BCUT2D eigenvalue weighted by Crippen LogP contribution is -2.40. The van der Waals surface area contributed by atoms with Gasteiger partial charge in [-0.1, -0.05) is 40.5 Å². The first kappa shape index (κ1) is 17.0. The molecule has 1 fully saturated rings. The second-order valence-electron chi connectivity index (χ2n) is 7.20. The summed E-state index contributed by atoms with van der Waals surface area (Å²) in [7, 11) is 0. The predicted molar refractivity (Wildman–Crippen MR) is 85.5 cm³/mol. The van der Waals surface area contributed by atoms with E-state index >= 15 is 0 Å². The monoisotopic (exact) mass is 268 g/mol. The maximum Gasteiger partial charge on any atom is 0.00817 e. The molecule has 19 heavy (non-hydrogen) atoms. The van der Waals surface area contributed by atoms with Gasteiger partial charge in [0.15, 0.2) is 0 Å². The van der Waals surface area contributed by atoms with Gasteiger partial charge in [0.05, 0.1) is 0 Å². The van der Waals surface area contributed by atoms with Gasteiger partial charge < -0.3 is 10.6 Å². The van der Waals surface area contributed by atoms with E-state index in [0.29, 0.717) is 6.04 Å². The number of rotatable bonds is 7. The summed E-state index contributed by atoms with van der Waals surface area (Å²) >= 11 is 0. The topological polar surface area (TPSA) is 24.1 Å². The molecule has 1 rings (SSSR count). The minimum atomic E-state index is 0.635. The van der Waals surface area contributed by atoms with Crippen molar-refractivity contribution in [2.75, 3.05) is 13.1 Å². The summed E-state index contributed by atoms with van der Waals surface area (Å²) in [6.45, 7) is 14.1. The quantitative estimate of drug-likeness (QED) is 0.733. The smallest absolute Gasteiger partial charge is 0.00817 e. The van der Waals surface area contributed by atoms with Gasteiger partial charge in [-0.25, -0.2) is 0 Å². The Kier molecular flexibility index (Phi) is 8.01. The summed E-state index contributed by atoms with van der Waals surface area (Å²) in [6.07, 6.45) is 6.83. The molecule has 0 bridgehead atoms. The minimum Gasteiger partial charge on any atom is -0.314 e. The van der Waals surface area contributed by atoms with Gasteiger partial charge in [0.2, 0.25) is 0 Å². The van der Waals surface area contributed by atoms with Gasteiger partial charge in [-0.2, -0.15) is 0 Å². The van der Waals surface area contributed by atoms with E-state index in [1.54, 1.807) is 0 Å². The SMILES string of the molecule is CC(CC1CCCCCN1)NCC(C(C)C)C(C)C. The van der Waals surface area contributed by atoms with Crippen molar-refractivity contribution in [3.63, 3.8) is 0 Å². The largest absolute Gasteiger partial charge is 0.314 e. The van der Waals surface area contributed by atoms with Crippen LogP contribution in [0.3, 0.4) is 0 Å². The molecule has 0 aromatic heterocycles. The molecule has 0 amide bonds. The number of hydrogen-bond donors (Lipinski definition) is 2. The molecular weight excluding hydrogens is 232 g/mol. The fraction of sp³-hybridized carbons (Fsp3) is 1.00. The van der Waals surface area contributed by atoms with Crippen molar-refractivity contribution < 1.29 is 0 Å². The van der Waals surface area contributed by atoms with Crippen LogP contribution in [0.15, 0.2) is 0 Å². The van der Waals surface area contributed by atoms with Crippen LogP contribution in [0.2, 0.25) is 0 Å². The van der Waals surface area contributed by atoms with E-state index in [2.05, 4.69) is 45.3 Å². The van der Waals surface area contributed by atoms with Gasteiger partial charge in [-0.15, -0.1) is 0 Å². The van der Waals surface area contributed by atoms with Crippen molar-refractivity contribution in [1.29, 1.82) is 0 Å². The maximum absolute atomic E-state index is 3.77. The molecule has 2 nitrogen and oxygen atoms in total. The molecule has 0 aromatic carbocycles. The van der Waals surface area contributed by atoms with Crippen molar-refractivity contribution in [3.8, 4) is 0 Å². The third-order valence-electron chi connectivity index (χ3n) is 4.72. The van der Waals surface area contributed by atoms with E-state index in [9.17, 15) is 0 Å². The second-order valence-corrected chi connectivity index (χ2v) is 7.20. The first-order valence-corrected chi connectivity index (χ1v) is 8.47. The molecule has 0 aromatic rings. The zero-order valence-corrected chi connectivity index (χ0v) is 13.8. The summed E-state index contributed by atoms with van der Waals surface area (Å²) in [4.78, 5) is 0. The Morgan fingerprint density at radius 2 is 1.68 bits per heavy atom. The molecule has 0 radical (unpaired) electrons. The highest BCUT2D eigenvalue weighted by atomic mass is 15.0. The third-order valence-corrected chi connectivity index (χ3v) is 4.72. The van der Waals surface area contributed by atoms with Crippen LogP contribution >= 0.6 is 0 Å². The van der Waals surface area contributed by atoms with E-state index < -0.39 is 0 Å². The fourth-order valence-corrected chi connectivity index (χ4v) is 3.39. The summed E-state index contributed by atoms with van der Waals surface area (Å²) in [6, 6.07) is 1.37. The second kappa shape index (κ2) is 8.97. The highest BCUT2D eigenvalue weighted by molar-refractivity contribution is 4.78. The Morgan fingerprint density at radius 3 is 2.32 bits per heavy atom. The fourth-order valence-electron chi connectivity index (χ4n) is 3.39. The van der Waals surface area contributed by atoms with Crippen LogP contribution in [0.1, 0.15) is 66.7 Å². The molecule has 1 aliphatic rings. The highest BCUT2D eigenvalue weighted by Gasteiger charge is 2.19. The molecule has 0 spiro atoms. The van der Waals surface area contributed by atoms with Crippen LogP contribution in [-0.4, -0.2) is 25.2 Å². The Morgan fingerprint density at radius 1 is 1.00 bits per heavy atom. The third kappa shape index (κ3) is 6.76. The zero-order valence-electron chi connectivity index (χ0n) is 13.8. The van der Waals surface area contributed by atoms with Crippen LogP contribution in [-0.2, 0) is 0 Å². The van der Waals surface area contributed by atoms with Crippen LogP contribution in [0.4, 0.5) is 0 Å². The van der Waals surface area contributed by atoms with E-state index in [4.69, 9.17) is 0 Å². The van der Waals surface area contributed by atoms with Gasteiger partial charge in [-0.05, 0) is 57.0 Å². The van der Waals surface area contributed by atoms with E-state index in [1.807, 2.05) is 0 Å². The predicted octanol–water partition coefficient (Wildman–Crippen LogP) is 3.82. The molecule has 114 valence electrons. The Balaban J connectivity index is 2.27. The molecule has 0 saturated carbocycles. The zero-order chi connectivity index (χ0) is 14.3. The summed E-state index contributed by atoms with van der Waals surface area (Å²) < 4.78 is 0. The standard InChI is InChI=1S/C17H36N2/c1-13(2)17(14(3)4)12-19-15(5)11-16-9-7-6-8-10-18-16/h13-19H,6-12H2,1-5H3. The molecule has 1 heterocycles. The molecule has 2 atom stereocenters. The minimum absolute atomic E-state index is 0.635. The van der Waals surface area contributed by atoms with Crippen LogP contribution in [0.5, 0.6) is 0 Å². The lowest BCUT2D eigenvalue weighted by Gasteiger charge is -2.28. The summed E-state index contributed by atoms with van der Waals surface area (Å²) in [5.74, 6) is 2.34. The van der Waals surface area contributed by atoms with Crippen LogP contribution in [0.25, 0.3) is 0 Å². The average molecular weight is 268 g/mol. The van der Waals surface area contributed by atoms with Crippen molar-refractivity contribution in [3.05, 3.63) is 0 Å². The lowest BCUT2D eigenvalue weighted by atomic mass is 9.85. The molecule has 0 aliphatic carbocycles. The van der Waals surface area contributed by atoms with Crippen LogP contribution in [0, 0.1) is 17.8 Å². The lowest BCUT2D eigenvalue weighted by molar-refractivity contribution is 0.261. The van der Waals surface area contributed by atoms with Gasteiger partial charge in [0.25, 0.3) is 0 Å². The molecule has 1 saturated heterocycles. The van der Waals surface area contributed by atoms with E-state index in [-0.39, 0.29) is 0 Å². The van der Waals surface area contributed by atoms with Crippen LogP contribution < -0.4 is 10.6 Å². The molecule has 2 heteroatoms. The van der Waals surface area contributed by atoms with Gasteiger partial charge in [-0.3, -0.25) is 0 Å². The van der Waals surface area contributed by atoms with Gasteiger partial charge in [0.1, 0.15) is 0 Å². The maximum atomic E-state index is 3.77. The van der Waals surface area contributed by atoms with E-state index in [0.717, 1.165) is 23.8 Å². The normalized spacial score (nSPS) is 23.1. The Labute approximate surface area is 121 Å². The first-order valence-electron chi connectivity index (χ1n) is 8.47. The van der Waals surface area contributed by atoms with Gasteiger partial charge in [0, 0.05) is 12.1 Å². The van der Waals surface area contributed by atoms with Crippen molar-refractivity contribution >= 4 is 0 Å².